The highest BCUT2D eigenvalue weighted by Gasteiger charge is 2.22. The summed E-state index contributed by atoms with van der Waals surface area (Å²) in [7, 11) is -4.04. The summed E-state index contributed by atoms with van der Waals surface area (Å²) in [6.45, 7) is 5.96. The highest BCUT2D eigenvalue weighted by Crippen LogP contribution is 2.29. The van der Waals surface area contributed by atoms with Crippen molar-refractivity contribution in [3.8, 4) is 22.4 Å². The van der Waals surface area contributed by atoms with Crippen molar-refractivity contribution in [3.63, 3.8) is 0 Å². The Bertz CT molecular complexity index is 1900. The molecule has 0 bridgehead atoms. The average molecular weight is 569 g/mol. The van der Waals surface area contributed by atoms with Gasteiger partial charge in [-0.2, -0.15) is 0 Å². The summed E-state index contributed by atoms with van der Waals surface area (Å²) in [6.07, 6.45) is 0. The number of rotatable bonds is 5. The van der Waals surface area contributed by atoms with Crippen LogP contribution in [-0.4, -0.2) is 28.9 Å². The molecule has 0 saturated heterocycles. The molecule has 2 aliphatic carbocycles. The Kier molecular flexibility index (Phi) is 7.44. The van der Waals surface area contributed by atoms with E-state index in [-0.39, 0.29) is 10.6 Å². The van der Waals surface area contributed by atoms with Crippen molar-refractivity contribution < 1.29 is 13.2 Å². The zero-order chi connectivity index (χ0) is 28.4. The van der Waals surface area contributed by atoms with Gasteiger partial charge in [-0.05, 0) is 90.9 Å². The zero-order valence-electron chi connectivity index (χ0n) is 22.1. The minimum Gasteiger partial charge on any atom is -0.308 e. The molecule has 7 nitrogen and oxygen atoms in total. The van der Waals surface area contributed by atoms with Crippen LogP contribution in [0.1, 0.15) is 38.6 Å². The molecule has 9 heteroatoms. The molecule has 2 aromatic heterocycles. The Morgan fingerprint density at radius 1 is 0.925 bits per heavy atom. The number of fused-ring (bicyclic) bond motifs is 2. The Labute approximate surface area is 237 Å². The number of hydrogen-bond acceptors (Lipinski definition) is 5. The van der Waals surface area contributed by atoms with Crippen LogP contribution >= 0.6 is 11.6 Å². The second kappa shape index (κ2) is 11.0. The van der Waals surface area contributed by atoms with Crippen molar-refractivity contribution in [2.45, 2.75) is 32.2 Å². The Morgan fingerprint density at radius 3 is 2.20 bits per heavy atom. The molecule has 0 saturated carbocycles. The number of nitrogens with zero attached hydrogens (tertiary/aromatic N) is 3. The number of imidazole rings is 1. The monoisotopic (exact) mass is 568 g/mol. The molecule has 200 valence electrons. The van der Waals surface area contributed by atoms with Gasteiger partial charge in [0.2, 0.25) is 0 Å². The van der Waals surface area contributed by atoms with Crippen LogP contribution in [0.15, 0.2) is 83.8 Å². The van der Waals surface area contributed by atoms with E-state index in [2.05, 4.69) is 50.3 Å². The molecule has 0 radical (unpaired) electrons. The molecule has 6 rings (SSSR count). The van der Waals surface area contributed by atoms with E-state index in [4.69, 9.17) is 11.6 Å². The molecule has 4 aromatic rings. The third-order valence-corrected chi connectivity index (χ3v) is 7.99. The number of pyridine rings is 1. The minimum absolute atomic E-state index is 0.00469. The van der Waals surface area contributed by atoms with Gasteiger partial charge in [0.1, 0.15) is 17.0 Å². The quantitative estimate of drug-likeness (QED) is 0.268. The molecule has 0 unspecified atom stereocenters. The minimum atomic E-state index is -4.04. The lowest BCUT2D eigenvalue weighted by atomic mass is 9.95. The van der Waals surface area contributed by atoms with E-state index in [1.54, 1.807) is 12.1 Å². The molecular formula is C31H25ClN4O3S. The maximum Gasteiger partial charge on any atom is 0.283 e. The second-order valence-electron chi connectivity index (χ2n) is 9.49. The molecular weight excluding hydrogens is 544 g/mol. The SMILES string of the molecule is Cc1ccc(S(=O)(=O)NC(=O)c2cc(C)c3nc(C)n(Cc4cccc(C#CCl)c4)c3n2)cc1.c1cc2ccc1-2. The summed E-state index contributed by atoms with van der Waals surface area (Å²) < 4.78 is 29.3. The fraction of sp³-hybridized carbons (Fsp3) is 0.129. The van der Waals surface area contributed by atoms with Gasteiger partial charge in [-0.15, -0.1) is 0 Å². The topological polar surface area (TPSA) is 94.0 Å². The number of carbonyl (C=O) groups excluding carboxylic acids is 1. The van der Waals surface area contributed by atoms with Gasteiger partial charge in [0.15, 0.2) is 5.65 Å². The fourth-order valence-corrected chi connectivity index (χ4v) is 5.32. The molecule has 0 atom stereocenters. The van der Waals surface area contributed by atoms with E-state index in [0.29, 0.717) is 29.1 Å². The Morgan fingerprint density at radius 2 is 1.60 bits per heavy atom. The van der Waals surface area contributed by atoms with Crippen molar-refractivity contribution in [1.29, 1.82) is 0 Å². The third kappa shape index (κ3) is 5.62. The van der Waals surface area contributed by atoms with Gasteiger partial charge in [-0.3, -0.25) is 4.79 Å². The molecule has 0 fully saturated rings. The first-order chi connectivity index (χ1) is 19.1. The summed E-state index contributed by atoms with van der Waals surface area (Å²) in [6, 6.07) is 23.9. The molecule has 2 heterocycles. The number of aryl methyl sites for hydroxylation is 3. The van der Waals surface area contributed by atoms with Crippen molar-refractivity contribution >= 4 is 38.7 Å². The van der Waals surface area contributed by atoms with Crippen LogP contribution in [0.5, 0.6) is 0 Å². The summed E-state index contributed by atoms with van der Waals surface area (Å²) in [4.78, 5) is 22.0. The number of amides is 1. The molecule has 2 aromatic carbocycles. The number of hydrogen-bond donors (Lipinski definition) is 1. The summed E-state index contributed by atoms with van der Waals surface area (Å²) in [5.74, 6) is 2.72. The second-order valence-corrected chi connectivity index (χ2v) is 11.4. The van der Waals surface area contributed by atoms with Gasteiger partial charge >= 0.3 is 0 Å². The smallest absolute Gasteiger partial charge is 0.283 e. The number of nitrogens with one attached hydrogen (secondary N) is 1. The molecule has 0 aliphatic heterocycles. The van der Waals surface area contributed by atoms with Gasteiger partial charge in [0, 0.05) is 10.9 Å². The first-order valence-corrected chi connectivity index (χ1v) is 14.3. The van der Waals surface area contributed by atoms with Crippen molar-refractivity contribution in [2.75, 3.05) is 0 Å². The predicted molar refractivity (Wildman–Crippen MR) is 157 cm³/mol. The van der Waals surface area contributed by atoms with E-state index in [1.165, 1.54) is 29.3 Å². The number of carbonyl (C=O) groups is 1. The normalized spacial score (nSPS) is 11.2. The van der Waals surface area contributed by atoms with Crippen molar-refractivity contribution in [2.24, 2.45) is 0 Å². The third-order valence-electron chi connectivity index (χ3n) is 6.55. The van der Waals surface area contributed by atoms with Crippen LogP contribution in [0, 0.1) is 32.1 Å². The summed E-state index contributed by atoms with van der Waals surface area (Å²) >= 11 is 5.52. The van der Waals surface area contributed by atoms with Crippen LogP contribution in [0.3, 0.4) is 0 Å². The van der Waals surface area contributed by atoms with Crippen LogP contribution in [0.25, 0.3) is 22.3 Å². The zero-order valence-corrected chi connectivity index (χ0v) is 23.6. The maximum atomic E-state index is 12.9. The molecule has 1 amide bonds. The number of halogens is 1. The maximum absolute atomic E-state index is 12.9. The Hall–Kier alpha value is -4.45. The van der Waals surface area contributed by atoms with Crippen molar-refractivity contribution in [3.05, 3.63) is 113 Å². The molecule has 0 spiro atoms. The lowest BCUT2D eigenvalue weighted by molar-refractivity contribution is 0.0976. The van der Waals surface area contributed by atoms with E-state index < -0.39 is 15.9 Å². The summed E-state index contributed by atoms with van der Waals surface area (Å²) in [5.41, 5.74) is 7.34. The first kappa shape index (κ1) is 27.1. The highest BCUT2D eigenvalue weighted by atomic mass is 35.5. The van der Waals surface area contributed by atoms with Gasteiger partial charge in [-0.25, -0.2) is 23.1 Å². The molecule has 2 aliphatic rings. The largest absolute Gasteiger partial charge is 0.308 e. The van der Waals surface area contributed by atoms with E-state index in [9.17, 15) is 13.2 Å². The predicted octanol–water partition coefficient (Wildman–Crippen LogP) is 5.74. The van der Waals surface area contributed by atoms with Gasteiger partial charge in [0.05, 0.1) is 11.4 Å². The van der Waals surface area contributed by atoms with E-state index in [1.807, 2.05) is 49.6 Å². The highest BCUT2D eigenvalue weighted by molar-refractivity contribution is 7.90. The van der Waals surface area contributed by atoms with E-state index >= 15 is 0 Å². The number of sulfonamides is 1. The number of aromatic nitrogens is 3. The van der Waals surface area contributed by atoms with E-state index in [0.717, 1.165) is 16.7 Å². The number of benzene rings is 3. The average Bonchev–Trinajstić information content (AvgIpc) is 3.22. The fourth-order valence-electron chi connectivity index (χ4n) is 4.25. The van der Waals surface area contributed by atoms with Gasteiger partial charge < -0.3 is 4.57 Å². The standard InChI is InChI=1S/C25H21ClN4O3S.C6H4/c1-16-7-9-21(10-8-16)34(32,33)29-25(31)22-13-17(2)23-24(28-22)30(18(3)27-23)15-20-6-4-5-19(14-20)11-12-26;1-2-6-4-3-5(1)6/h4-10,13-14H,15H2,1-3H3,(H,29,31);1-4H. The van der Waals surface area contributed by atoms with Crippen LogP contribution in [0.4, 0.5) is 0 Å². The lowest BCUT2D eigenvalue weighted by Crippen LogP contribution is -2.31. The van der Waals surface area contributed by atoms with Crippen LogP contribution in [-0.2, 0) is 16.6 Å². The molecule has 40 heavy (non-hydrogen) atoms. The first-order valence-electron chi connectivity index (χ1n) is 12.4. The van der Waals surface area contributed by atoms with Gasteiger partial charge in [0.25, 0.3) is 15.9 Å². The van der Waals surface area contributed by atoms with Crippen molar-refractivity contribution in [1.82, 2.24) is 19.3 Å². The summed E-state index contributed by atoms with van der Waals surface area (Å²) in [5, 5.41) is 2.37. The van der Waals surface area contributed by atoms with Gasteiger partial charge in [-0.1, -0.05) is 54.1 Å². The van der Waals surface area contributed by atoms with Crippen LogP contribution in [0.2, 0.25) is 0 Å². The lowest BCUT2D eigenvalue weighted by Gasteiger charge is -2.10. The Balaban J connectivity index is 0.000000467. The molecule has 1 N–H and O–H groups in total. The van der Waals surface area contributed by atoms with Crippen LogP contribution < -0.4 is 4.72 Å².